The molecule has 0 bridgehead atoms. The number of hydrogen-bond donors (Lipinski definition) is 0. The number of carbonyl (C=O) groups is 2. The van der Waals surface area contributed by atoms with Crippen molar-refractivity contribution in [1.82, 2.24) is 9.97 Å². The molecule has 244 valence electrons. The van der Waals surface area contributed by atoms with Crippen LogP contribution in [0.5, 0.6) is 11.5 Å². The molecule has 3 aromatic rings. The van der Waals surface area contributed by atoms with Gasteiger partial charge in [0.2, 0.25) is 0 Å². The maximum atomic E-state index is 13.3. The van der Waals surface area contributed by atoms with Gasteiger partial charge in [0.15, 0.2) is 17.7 Å². The molecular weight excluding hydrogens is 585 g/mol. The van der Waals surface area contributed by atoms with Crippen molar-refractivity contribution in [3.63, 3.8) is 0 Å². The zero-order chi connectivity index (χ0) is 32.7. The maximum Gasteiger partial charge on any atom is 0.425 e. The number of unbranched alkanes of at least 4 members (excludes halogenated alkanes) is 8. The molecule has 2 aromatic carbocycles. The van der Waals surface area contributed by atoms with Crippen LogP contribution in [0.3, 0.4) is 0 Å². The van der Waals surface area contributed by atoms with Gasteiger partial charge in [0.1, 0.15) is 5.75 Å². The first-order valence-electron chi connectivity index (χ1n) is 15.8. The molecule has 0 unspecified atom stereocenters. The number of hydrogen-bond acceptors (Lipinski definition) is 7. The highest BCUT2D eigenvalue weighted by molar-refractivity contribution is 5.93. The van der Waals surface area contributed by atoms with E-state index in [1.165, 1.54) is 63.6 Å². The molecule has 0 aliphatic carbocycles. The molecule has 3 rings (SSSR count). The van der Waals surface area contributed by atoms with Crippen LogP contribution < -0.4 is 9.47 Å². The van der Waals surface area contributed by atoms with Crippen LogP contribution >= 0.6 is 0 Å². The first kappa shape index (κ1) is 35.5. The number of aryl methyl sites for hydroxylation is 1. The largest absolute Gasteiger partial charge is 0.490 e. The number of benzene rings is 2. The van der Waals surface area contributed by atoms with Gasteiger partial charge >= 0.3 is 18.1 Å². The van der Waals surface area contributed by atoms with Gasteiger partial charge in [-0.3, -0.25) is 0 Å². The fourth-order valence-electron chi connectivity index (χ4n) is 4.69. The summed E-state index contributed by atoms with van der Waals surface area (Å²) in [6.45, 7) is 6.14. The number of halogens is 3. The van der Waals surface area contributed by atoms with Crippen molar-refractivity contribution >= 4 is 11.9 Å². The Morgan fingerprint density at radius 1 is 0.778 bits per heavy atom. The SMILES string of the molecule is CCCCCCCCCCOc1cnc(-c2ccc(C(=O)Oc3ccc(C(=O)O[C@@H](CCCC)C(F)(F)F)c(C)c3)cc2)nc1. The molecule has 0 spiro atoms. The number of aromatic nitrogens is 2. The molecule has 45 heavy (non-hydrogen) atoms. The first-order valence-corrected chi connectivity index (χ1v) is 15.8. The lowest BCUT2D eigenvalue weighted by molar-refractivity contribution is -0.206. The second-order valence-electron chi connectivity index (χ2n) is 11.1. The lowest BCUT2D eigenvalue weighted by atomic mass is 10.1. The van der Waals surface area contributed by atoms with Crippen molar-refractivity contribution in [3.8, 4) is 22.9 Å². The Hall–Kier alpha value is -3.95. The highest BCUT2D eigenvalue weighted by Crippen LogP contribution is 2.29. The summed E-state index contributed by atoms with van der Waals surface area (Å²) in [6.07, 6.45) is 6.78. The van der Waals surface area contributed by atoms with Crippen molar-refractivity contribution in [2.75, 3.05) is 6.61 Å². The van der Waals surface area contributed by atoms with E-state index in [4.69, 9.17) is 14.2 Å². The van der Waals surface area contributed by atoms with Crippen LogP contribution in [0.2, 0.25) is 0 Å². The highest BCUT2D eigenvalue weighted by atomic mass is 19.4. The maximum absolute atomic E-state index is 13.3. The van der Waals surface area contributed by atoms with Crippen LogP contribution in [0, 0.1) is 6.92 Å². The van der Waals surface area contributed by atoms with E-state index in [0.29, 0.717) is 35.7 Å². The summed E-state index contributed by atoms with van der Waals surface area (Å²) >= 11 is 0. The van der Waals surface area contributed by atoms with Gasteiger partial charge < -0.3 is 14.2 Å². The van der Waals surface area contributed by atoms with E-state index >= 15 is 0 Å². The summed E-state index contributed by atoms with van der Waals surface area (Å²) in [5, 5.41) is 0. The monoisotopic (exact) mass is 628 g/mol. The minimum absolute atomic E-state index is 0.0329. The third-order valence-electron chi connectivity index (χ3n) is 7.34. The Balaban J connectivity index is 1.49. The normalized spacial score (nSPS) is 12.0. The van der Waals surface area contributed by atoms with Gasteiger partial charge in [-0.05, 0) is 62.1 Å². The lowest BCUT2D eigenvalue weighted by Gasteiger charge is -2.21. The van der Waals surface area contributed by atoms with E-state index in [0.717, 1.165) is 12.8 Å². The molecule has 0 aliphatic heterocycles. The van der Waals surface area contributed by atoms with Gasteiger partial charge in [0.25, 0.3) is 0 Å². The number of alkyl halides is 3. The van der Waals surface area contributed by atoms with Crippen LogP contribution in [-0.4, -0.2) is 40.8 Å². The molecule has 0 N–H and O–H groups in total. The van der Waals surface area contributed by atoms with Gasteiger partial charge in [-0.1, -0.05) is 77.3 Å². The Morgan fingerprint density at radius 2 is 1.40 bits per heavy atom. The second-order valence-corrected chi connectivity index (χ2v) is 11.1. The van der Waals surface area contributed by atoms with E-state index in [9.17, 15) is 22.8 Å². The minimum Gasteiger partial charge on any atom is -0.490 e. The minimum atomic E-state index is -4.65. The number of esters is 2. The van der Waals surface area contributed by atoms with E-state index < -0.39 is 24.2 Å². The molecule has 1 atom stereocenters. The lowest BCUT2D eigenvalue weighted by Crippen LogP contribution is -2.34. The zero-order valence-electron chi connectivity index (χ0n) is 26.3. The van der Waals surface area contributed by atoms with E-state index in [1.54, 1.807) is 43.6 Å². The predicted molar refractivity (Wildman–Crippen MR) is 166 cm³/mol. The van der Waals surface area contributed by atoms with E-state index in [2.05, 4.69) is 16.9 Å². The Kier molecular flexibility index (Phi) is 14.3. The van der Waals surface area contributed by atoms with Crippen molar-refractivity contribution in [3.05, 3.63) is 71.5 Å². The van der Waals surface area contributed by atoms with Crippen molar-refractivity contribution in [2.45, 2.75) is 104 Å². The van der Waals surface area contributed by atoms with Gasteiger partial charge in [-0.25, -0.2) is 19.6 Å². The molecule has 1 heterocycles. The third kappa shape index (κ3) is 11.8. The van der Waals surface area contributed by atoms with Gasteiger partial charge in [-0.15, -0.1) is 0 Å². The second kappa shape index (κ2) is 18.1. The molecule has 0 saturated carbocycles. The summed E-state index contributed by atoms with van der Waals surface area (Å²) in [6, 6.07) is 10.6. The van der Waals surface area contributed by atoms with Gasteiger partial charge in [0, 0.05) is 5.56 Å². The van der Waals surface area contributed by atoms with Crippen LogP contribution in [0.25, 0.3) is 11.4 Å². The van der Waals surface area contributed by atoms with Crippen LogP contribution in [0.4, 0.5) is 13.2 Å². The number of ether oxygens (including phenoxy) is 3. The highest BCUT2D eigenvalue weighted by Gasteiger charge is 2.42. The molecule has 0 amide bonds. The van der Waals surface area contributed by atoms with Gasteiger partial charge in [0.05, 0.1) is 30.1 Å². The third-order valence-corrected chi connectivity index (χ3v) is 7.34. The average Bonchev–Trinajstić information content (AvgIpc) is 3.02. The van der Waals surface area contributed by atoms with Crippen LogP contribution in [0.15, 0.2) is 54.9 Å². The summed E-state index contributed by atoms with van der Waals surface area (Å²) in [5.41, 5.74) is 1.26. The summed E-state index contributed by atoms with van der Waals surface area (Å²) < 4.78 is 55.8. The Morgan fingerprint density at radius 3 is 2.00 bits per heavy atom. The molecule has 10 heteroatoms. The van der Waals surface area contributed by atoms with Crippen LogP contribution in [-0.2, 0) is 4.74 Å². The fraction of sp³-hybridized carbons (Fsp3) is 0.486. The fourth-order valence-corrected chi connectivity index (χ4v) is 4.69. The van der Waals surface area contributed by atoms with Gasteiger partial charge in [-0.2, -0.15) is 13.2 Å². The molecule has 7 nitrogen and oxygen atoms in total. The standard InChI is InChI=1S/C35H43F3N2O5/c1-4-6-8-9-10-11-12-13-21-43-29-23-39-32(40-24-29)26-15-17-27(18-16-26)33(41)44-28-19-20-30(25(3)22-28)34(42)45-31(14-7-5-2)35(36,37)38/h15-20,22-24,31H,4-14,21H2,1-3H3/t31-/m0/s1. The van der Waals surface area contributed by atoms with Crippen molar-refractivity contribution in [1.29, 1.82) is 0 Å². The predicted octanol–water partition coefficient (Wildman–Crippen LogP) is 9.47. The van der Waals surface area contributed by atoms with Crippen molar-refractivity contribution < 1.29 is 37.0 Å². The molecular formula is C35H43F3N2O5. The summed E-state index contributed by atoms with van der Waals surface area (Å²) in [7, 11) is 0. The summed E-state index contributed by atoms with van der Waals surface area (Å²) in [4.78, 5) is 34.0. The smallest absolute Gasteiger partial charge is 0.425 e. The first-order chi connectivity index (χ1) is 21.6. The zero-order valence-corrected chi connectivity index (χ0v) is 26.3. The van der Waals surface area contributed by atoms with E-state index in [1.807, 2.05) is 0 Å². The molecule has 0 radical (unpaired) electrons. The molecule has 0 fully saturated rings. The number of nitrogens with zero attached hydrogens (tertiary/aromatic N) is 2. The molecule has 0 saturated heterocycles. The topological polar surface area (TPSA) is 87.6 Å². The molecule has 1 aromatic heterocycles. The number of carbonyl (C=O) groups excluding carboxylic acids is 2. The molecule has 0 aliphatic rings. The van der Waals surface area contributed by atoms with E-state index in [-0.39, 0.29) is 29.7 Å². The van der Waals surface area contributed by atoms with Crippen LogP contribution in [0.1, 0.15) is 111 Å². The summed E-state index contributed by atoms with van der Waals surface area (Å²) in [5.74, 6) is -0.492. The quantitative estimate of drug-likeness (QED) is 0.0788. The number of rotatable bonds is 18. The average molecular weight is 629 g/mol. The Bertz CT molecular complexity index is 1340. The van der Waals surface area contributed by atoms with Crippen molar-refractivity contribution in [2.24, 2.45) is 0 Å². The Labute approximate surface area is 263 Å².